The van der Waals surface area contributed by atoms with Crippen molar-refractivity contribution < 1.29 is 5.21 Å². The molecule has 0 radical (unpaired) electrons. The first kappa shape index (κ1) is 14.9. The summed E-state index contributed by atoms with van der Waals surface area (Å²) >= 11 is 5.03. The summed E-state index contributed by atoms with van der Waals surface area (Å²) in [4.78, 5) is 4.30. The molecular weight excluding hydrogens is 338 g/mol. The highest BCUT2D eigenvalue weighted by molar-refractivity contribution is 9.10. The number of nitrogens with two attached hydrogens (primary N) is 1. The fourth-order valence-electron chi connectivity index (χ4n) is 1.75. The van der Waals surface area contributed by atoms with Gasteiger partial charge in [-0.05, 0) is 33.6 Å². The summed E-state index contributed by atoms with van der Waals surface area (Å²) < 4.78 is 0.941. The number of benzene rings is 1. The number of pyridine rings is 1. The molecule has 20 heavy (non-hydrogen) atoms. The molecule has 1 atom stereocenters. The van der Waals surface area contributed by atoms with Crippen LogP contribution in [0, 0.1) is 0 Å². The Balaban J connectivity index is 2.16. The Morgan fingerprint density at radius 3 is 2.70 bits per heavy atom. The average molecular weight is 352 g/mol. The summed E-state index contributed by atoms with van der Waals surface area (Å²) in [5.41, 5.74) is 6.82. The van der Waals surface area contributed by atoms with E-state index in [1.807, 2.05) is 42.5 Å². The maximum atomic E-state index is 8.95. The van der Waals surface area contributed by atoms with Crippen LogP contribution in [0.3, 0.4) is 0 Å². The van der Waals surface area contributed by atoms with Crippen LogP contribution in [0.4, 0.5) is 0 Å². The molecule has 3 N–H and O–H groups in total. The van der Waals surface area contributed by atoms with E-state index in [9.17, 15) is 0 Å². The van der Waals surface area contributed by atoms with Gasteiger partial charge >= 0.3 is 0 Å². The summed E-state index contributed by atoms with van der Waals surface area (Å²) in [6.45, 7) is 0. The summed E-state index contributed by atoms with van der Waals surface area (Å²) in [5.74, 6) is 0.700. The lowest BCUT2D eigenvalue weighted by molar-refractivity contribution is 0.316. The minimum absolute atomic E-state index is 0.153. The average Bonchev–Trinajstić information content (AvgIpc) is 2.50. The second-order valence-corrected chi connectivity index (χ2v) is 5.95. The first-order chi connectivity index (χ1) is 9.72. The highest BCUT2D eigenvalue weighted by Gasteiger charge is 2.17. The van der Waals surface area contributed by atoms with Gasteiger partial charge in [0.25, 0.3) is 0 Å². The number of aromatic nitrogens is 1. The molecule has 0 aliphatic carbocycles. The Hall–Kier alpha value is -1.53. The van der Waals surface area contributed by atoms with Crippen LogP contribution < -0.4 is 5.73 Å². The Morgan fingerprint density at radius 2 is 2.05 bits per heavy atom. The number of amidine groups is 1. The summed E-state index contributed by atoms with van der Waals surface area (Å²) in [6.07, 6.45) is 1.74. The second-order valence-electron chi connectivity index (χ2n) is 4.09. The molecule has 104 valence electrons. The Morgan fingerprint density at radius 1 is 1.30 bits per heavy atom. The quantitative estimate of drug-likeness (QED) is 0.284. The standard InChI is InChI=1S/C14H14BrN3OS/c15-12-7-4-8-17-14(12)20-9-11(13(16)18-19)10-5-2-1-3-6-10/h1-8,11,19H,9H2,(H2,16,18). The molecule has 0 amide bonds. The molecule has 1 aromatic carbocycles. The van der Waals surface area contributed by atoms with Gasteiger partial charge in [0.05, 0.1) is 5.92 Å². The molecule has 0 aliphatic rings. The van der Waals surface area contributed by atoms with E-state index in [-0.39, 0.29) is 11.8 Å². The molecule has 1 unspecified atom stereocenters. The molecular formula is C14H14BrN3OS. The topological polar surface area (TPSA) is 71.5 Å². The van der Waals surface area contributed by atoms with E-state index in [1.54, 1.807) is 18.0 Å². The molecule has 6 heteroatoms. The zero-order valence-corrected chi connectivity index (χ0v) is 13.0. The van der Waals surface area contributed by atoms with Crippen LogP contribution in [0.25, 0.3) is 0 Å². The van der Waals surface area contributed by atoms with Crippen LogP contribution >= 0.6 is 27.7 Å². The van der Waals surface area contributed by atoms with E-state index < -0.39 is 0 Å². The molecule has 2 aromatic rings. The lowest BCUT2D eigenvalue weighted by Gasteiger charge is -2.15. The Kier molecular flexibility index (Phi) is 5.43. The third-order valence-electron chi connectivity index (χ3n) is 2.79. The van der Waals surface area contributed by atoms with Gasteiger partial charge in [-0.15, -0.1) is 11.8 Å². The van der Waals surface area contributed by atoms with Gasteiger partial charge in [0.2, 0.25) is 0 Å². The van der Waals surface area contributed by atoms with Crippen LogP contribution in [-0.4, -0.2) is 21.8 Å². The van der Waals surface area contributed by atoms with Crippen molar-refractivity contribution in [1.82, 2.24) is 4.98 Å². The highest BCUT2D eigenvalue weighted by atomic mass is 79.9. The highest BCUT2D eigenvalue weighted by Crippen LogP contribution is 2.29. The molecule has 0 spiro atoms. The number of oxime groups is 1. The third-order valence-corrected chi connectivity index (χ3v) is 4.79. The number of nitrogens with zero attached hydrogens (tertiary/aromatic N) is 2. The third kappa shape index (κ3) is 3.74. The number of hydrogen-bond donors (Lipinski definition) is 2. The minimum atomic E-state index is -0.153. The molecule has 0 saturated carbocycles. The number of halogens is 1. The van der Waals surface area contributed by atoms with E-state index in [1.165, 1.54) is 0 Å². The lowest BCUT2D eigenvalue weighted by Crippen LogP contribution is -2.24. The van der Waals surface area contributed by atoms with Crippen LogP contribution in [0.5, 0.6) is 0 Å². The number of thioether (sulfide) groups is 1. The van der Waals surface area contributed by atoms with E-state index in [4.69, 9.17) is 10.9 Å². The predicted octanol–water partition coefficient (Wildman–Crippen LogP) is 3.47. The number of hydrogen-bond acceptors (Lipinski definition) is 4. The molecule has 0 bridgehead atoms. The fourth-order valence-corrected chi connectivity index (χ4v) is 3.37. The van der Waals surface area contributed by atoms with Crippen molar-refractivity contribution in [3.05, 3.63) is 58.7 Å². The monoisotopic (exact) mass is 351 g/mol. The molecule has 2 rings (SSSR count). The summed E-state index contributed by atoms with van der Waals surface area (Å²) in [5, 5.41) is 13.0. The van der Waals surface area contributed by atoms with Crippen LogP contribution in [-0.2, 0) is 0 Å². The maximum Gasteiger partial charge on any atom is 0.147 e. The molecule has 4 nitrogen and oxygen atoms in total. The van der Waals surface area contributed by atoms with Crippen molar-refractivity contribution in [1.29, 1.82) is 0 Å². The van der Waals surface area contributed by atoms with Gasteiger partial charge in [0.15, 0.2) is 0 Å². The second kappa shape index (κ2) is 7.31. The Bertz CT molecular complexity index is 592. The van der Waals surface area contributed by atoms with E-state index in [2.05, 4.69) is 26.1 Å². The summed E-state index contributed by atoms with van der Waals surface area (Å²) in [7, 11) is 0. The van der Waals surface area contributed by atoms with Crippen LogP contribution in [0.2, 0.25) is 0 Å². The van der Waals surface area contributed by atoms with Crippen molar-refractivity contribution in [2.24, 2.45) is 10.9 Å². The van der Waals surface area contributed by atoms with Crippen molar-refractivity contribution in [2.75, 3.05) is 5.75 Å². The predicted molar refractivity (Wildman–Crippen MR) is 85.3 cm³/mol. The first-order valence-corrected chi connectivity index (χ1v) is 7.76. The zero-order valence-electron chi connectivity index (χ0n) is 10.6. The van der Waals surface area contributed by atoms with Crippen molar-refractivity contribution >= 4 is 33.5 Å². The zero-order chi connectivity index (χ0) is 14.4. The largest absolute Gasteiger partial charge is 0.409 e. The van der Waals surface area contributed by atoms with Gasteiger partial charge in [0.1, 0.15) is 10.9 Å². The Labute approximate surface area is 130 Å². The molecule has 1 aromatic heterocycles. The first-order valence-electron chi connectivity index (χ1n) is 5.98. The molecule has 0 fully saturated rings. The van der Waals surface area contributed by atoms with Crippen molar-refractivity contribution in [3.8, 4) is 0 Å². The maximum absolute atomic E-state index is 8.95. The molecule has 1 heterocycles. The molecule has 0 saturated heterocycles. The lowest BCUT2D eigenvalue weighted by atomic mass is 10.0. The SMILES string of the molecule is NC(=NO)C(CSc1ncccc1Br)c1ccccc1. The van der Waals surface area contributed by atoms with Gasteiger partial charge in [-0.2, -0.15) is 0 Å². The smallest absolute Gasteiger partial charge is 0.147 e. The van der Waals surface area contributed by atoms with Gasteiger partial charge in [-0.25, -0.2) is 4.98 Å². The van der Waals surface area contributed by atoms with Crippen LogP contribution in [0.15, 0.2) is 63.3 Å². The van der Waals surface area contributed by atoms with Crippen molar-refractivity contribution in [3.63, 3.8) is 0 Å². The summed E-state index contributed by atoms with van der Waals surface area (Å²) in [6, 6.07) is 13.6. The van der Waals surface area contributed by atoms with Gasteiger partial charge in [0, 0.05) is 16.4 Å². The van der Waals surface area contributed by atoms with E-state index >= 15 is 0 Å². The van der Waals surface area contributed by atoms with E-state index in [0.717, 1.165) is 15.1 Å². The van der Waals surface area contributed by atoms with Gasteiger partial charge < -0.3 is 10.9 Å². The molecule has 0 aliphatic heterocycles. The normalized spacial score (nSPS) is 13.2. The minimum Gasteiger partial charge on any atom is -0.409 e. The number of rotatable bonds is 5. The fraction of sp³-hybridized carbons (Fsp3) is 0.143. The van der Waals surface area contributed by atoms with Gasteiger partial charge in [-0.3, -0.25) is 0 Å². The van der Waals surface area contributed by atoms with Crippen LogP contribution in [0.1, 0.15) is 11.5 Å². The van der Waals surface area contributed by atoms with Gasteiger partial charge in [-0.1, -0.05) is 35.5 Å². The van der Waals surface area contributed by atoms with Crippen molar-refractivity contribution in [2.45, 2.75) is 10.9 Å². The van der Waals surface area contributed by atoms with E-state index in [0.29, 0.717) is 5.75 Å².